The van der Waals surface area contributed by atoms with E-state index in [1.165, 1.54) is 12.0 Å². The van der Waals surface area contributed by atoms with Crippen molar-refractivity contribution in [2.75, 3.05) is 13.2 Å². The van der Waals surface area contributed by atoms with E-state index < -0.39 is 0 Å². The van der Waals surface area contributed by atoms with Crippen LogP contribution in [-0.4, -0.2) is 29.4 Å². The molecule has 1 aliphatic rings. The molecule has 2 heterocycles. The molecule has 0 amide bonds. The first kappa shape index (κ1) is 11.4. The molecular formula is C13H15N3O2. The van der Waals surface area contributed by atoms with Crippen LogP contribution < -0.4 is 5.32 Å². The molecule has 1 saturated heterocycles. The second-order valence-electron chi connectivity index (χ2n) is 4.39. The summed E-state index contributed by atoms with van der Waals surface area (Å²) in [5, 5.41) is 7.28. The molecule has 3 rings (SSSR count). The van der Waals surface area contributed by atoms with E-state index >= 15 is 0 Å². The van der Waals surface area contributed by atoms with Crippen LogP contribution >= 0.6 is 0 Å². The lowest BCUT2D eigenvalue weighted by Crippen LogP contribution is -2.28. The maximum atomic E-state index is 5.32. The number of hydrogen-bond donors (Lipinski definition) is 1. The van der Waals surface area contributed by atoms with E-state index in [2.05, 4.69) is 27.6 Å². The van der Waals surface area contributed by atoms with E-state index in [0.717, 1.165) is 31.7 Å². The lowest BCUT2D eigenvalue weighted by Gasteiger charge is -2.10. The smallest absolute Gasteiger partial charge is 0.214 e. The molecular weight excluding hydrogens is 230 g/mol. The molecule has 0 saturated carbocycles. The Morgan fingerprint density at radius 3 is 2.83 bits per heavy atom. The van der Waals surface area contributed by atoms with Crippen LogP contribution in [0.15, 0.2) is 35.2 Å². The molecule has 1 fully saturated rings. The van der Waals surface area contributed by atoms with E-state index in [1.807, 2.05) is 12.1 Å². The van der Waals surface area contributed by atoms with Crippen molar-refractivity contribution in [1.29, 1.82) is 0 Å². The van der Waals surface area contributed by atoms with Gasteiger partial charge < -0.3 is 14.6 Å². The third-order valence-corrected chi connectivity index (χ3v) is 3.10. The van der Waals surface area contributed by atoms with E-state index in [4.69, 9.17) is 9.26 Å². The number of benzene rings is 1. The maximum Gasteiger partial charge on any atom is 0.214 e. The second kappa shape index (κ2) is 5.29. The molecule has 94 valence electrons. The lowest BCUT2D eigenvalue weighted by atomic mass is 10.1. The highest BCUT2D eigenvalue weighted by atomic mass is 16.5. The van der Waals surface area contributed by atoms with Crippen LogP contribution in [0.5, 0.6) is 0 Å². The van der Waals surface area contributed by atoms with Gasteiger partial charge in [0.1, 0.15) is 0 Å². The number of nitrogens with one attached hydrogen (secondary N) is 1. The normalized spacial score (nSPS) is 19.2. The van der Waals surface area contributed by atoms with E-state index in [-0.39, 0.29) is 0 Å². The summed E-state index contributed by atoms with van der Waals surface area (Å²) in [7, 11) is 0. The van der Waals surface area contributed by atoms with Crippen LogP contribution in [-0.2, 0) is 11.3 Å². The Morgan fingerprint density at radius 1 is 1.28 bits per heavy atom. The zero-order valence-electron chi connectivity index (χ0n) is 10.0. The van der Waals surface area contributed by atoms with Crippen molar-refractivity contribution >= 4 is 0 Å². The minimum atomic E-state index is 0.488. The first-order chi connectivity index (χ1) is 8.92. The second-order valence-corrected chi connectivity index (χ2v) is 4.39. The average Bonchev–Trinajstić information content (AvgIpc) is 3.10. The molecule has 5 heteroatoms. The molecule has 2 aromatic rings. The summed E-state index contributed by atoms with van der Waals surface area (Å²) in [6.07, 6.45) is 2.44. The minimum Gasteiger partial charge on any atom is -0.380 e. The number of rotatable bonds is 4. The number of ether oxygens (including phenoxy) is 1. The third-order valence-electron chi connectivity index (χ3n) is 3.10. The van der Waals surface area contributed by atoms with Gasteiger partial charge in [-0.15, -0.1) is 0 Å². The summed E-state index contributed by atoms with van der Waals surface area (Å²) in [5.74, 6) is 0.624. The fourth-order valence-corrected chi connectivity index (χ4v) is 2.03. The molecule has 0 bridgehead atoms. The van der Waals surface area contributed by atoms with E-state index in [9.17, 15) is 0 Å². The Balaban J connectivity index is 1.60. The van der Waals surface area contributed by atoms with Gasteiger partial charge in [-0.3, -0.25) is 0 Å². The zero-order chi connectivity index (χ0) is 12.2. The van der Waals surface area contributed by atoms with Gasteiger partial charge in [0.2, 0.25) is 12.2 Å². The number of aromatic nitrogens is 2. The first-order valence-corrected chi connectivity index (χ1v) is 6.08. The van der Waals surface area contributed by atoms with Crippen molar-refractivity contribution in [1.82, 2.24) is 15.5 Å². The molecule has 5 nitrogen and oxygen atoms in total. The molecule has 0 spiro atoms. The van der Waals surface area contributed by atoms with Crippen molar-refractivity contribution in [3.8, 4) is 11.4 Å². The predicted octanol–water partition coefficient (Wildman–Crippen LogP) is 1.62. The molecule has 1 aliphatic heterocycles. The zero-order valence-corrected chi connectivity index (χ0v) is 10.0. The van der Waals surface area contributed by atoms with Crippen molar-refractivity contribution < 1.29 is 9.26 Å². The van der Waals surface area contributed by atoms with Gasteiger partial charge in [0.15, 0.2) is 0 Å². The van der Waals surface area contributed by atoms with Gasteiger partial charge in [-0.25, -0.2) is 0 Å². The summed E-state index contributed by atoms with van der Waals surface area (Å²) in [6.45, 7) is 2.55. The van der Waals surface area contributed by atoms with Gasteiger partial charge in [-0.1, -0.05) is 29.4 Å². The van der Waals surface area contributed by atoms with Crippen LogP contribution in [0.3, 0.4) is 0 Å². The number of hydrogen-bond acceptors (Lipinski definition) is 5. The Bertz CT molecular complexity index is 475. The maximum absolute atomic E-state index is 5.32. The quantitative estimate of drug-likeness (QED) is 0.886. The van der Waals surface area contributed by atoms with Crippen LogP contribution in [0.25, 0.3) is 11.4 Å². The molecule has 18 heavy (non-hydrogen) atoms. The first-order valence-electron chi connectivity index (χ1n) is 6.08. The predicted molar refractivity (Wildman–Crippen MR) is 65.8 cm³/mol. The summed E-state index contributed by atoms with van der Waals surface area (Å²) in [5.41, 5.74) is 2.21. The van der Waals surface area contributed by atoms with Gasteiger partial charge in [-0.05, 0) is 12.0 Å². The van der Waals surface area contributed by atoms with E-state index in [0.29, 0.717) is 11.9 Å². The van der Waals surface area contributed by atoms with Gasteiger partial charge >= 0.3 is 0 Å². The van der Waals surface area contributed by atoms with Crippen LogP contribution in [0.4, 0.5) is 0 Å². The average molecular weight is 245 g/mol. The highest BCUT2D eigenvalue weighted by Crippen LogP contribution is 2.15. The fourth-order valence-electron chi connectivity index (χ4n) is 2.03. The topological polar surface area (TPSA) is 60.2 Å². The molecule has 1 aromatic heterocycles. The molecule has 0 aliphatic carbocycles. The third kappa shape index (κ3) is 2.57. The summed E-state index contributed by atoms with van der Waals surface area (Å²) >= 11 is 0. The largest absolute Gasteiger partial charge is 0.380 e. The van der Waals surface area contributed by atoms with Crippen LogP contribution in [0.1, 0.15) is 12.0 Å². The lowest BCUT2D eigenvalue weighted by molar-refractivity contribution is 0.190. The van der Waals surface area contributed by atoms with Gasteiger partial charge in [0, 0.05) is 24.8 Å². The van der Waals surface area contributed by atoms with Crippen molar-refractivity contribution in [2.24, 2.45) is 0 Å². The summed E-state index contributed by atoms with van der Waals surface area (Å²) in [6, 6.07) is 8.66. The molecule has 1 aromatic carbocycles. The van der Waals surface area contributed by atoms with Crippen LogP contribution in [0, 0.1) is 0 Å². The SMILES string of the molecule is c1nc(-c2ccc(CN[C@@H]3CCOC3)cc2)no1. The summed E-state index contributed by atoms with van der Waals surface area (Å²) < 4.78 is 10.1. The fraction of sp³-hybridized carbons (Fsp3) is 0.385. The van der Waals surface area contributed by atoms with Crippen LogP contribution in [0.2, 0.25) is 0 Å². The Morgan fingerprint density at radius 2 is 2.17 bits per heavy atom. The Kier molecular flexibility index (Phi) is 3.34. The number of nitrogens with zero attached hydrogens (tertiary/aromatic N) is 2. The van der Waals surface area contributed by atoms with Crippen molar-refractivity contribution in [3.63, 3.8) is 0 Å². The molecule has 1 N–H and O–H groups in total. The molecule has 1 atom stereocenters. The summed E-state index contributed by atoms with van der Waals surface area (Å²) in [4.78, 5) is 4.02. The van der Waals surface area contributed by atoms with Crippen molar-refractivity contribution in [2.45, 2.75) is 19.0 Å². The standard InChI is InChI=1S/C13H15N3O2/c1-3-11(13-15-9-18-16-13)4-2-10(1)7-14-12-5-6-17-8-12/h1-4,9,12,14H,5-8H2/t12-/m1/s1. The van der Waals surface area contributed by atoms with Crippen molar-refractivity contribution in [3.05, 3.63) is 36.2 Å². The molecule has 0 radical (unpaired) electrons. The van der Waals surface area contributed by atoms with E-state index in [1.54, 1.807) is 0 Å². The Labute approximate surface area is 105 Å². The monoisotopic (exact) mass is 245 g/mol. The minimum absolute atomic E-state index is 0.488. The Hall–Kier alpha value is -1.72. The highest BCUT2D eigenvalue weighted by molar-refractivity contribution is 5.54. The van der Waals surface area contributed by atoms with Gasteiger partial charge in [-0.2, -0.15) is 4.98 Å². The highest BCUT2D eigenvalue weighted by Gasteiger charge is 2.14. The van der Waals surface area contributed by atoms with Gasteiger partial charge in [0.25, 0.3) is 0 Å². The van der Waals surface area contributed by atoms with Gasteiger partial charge in [0.05, 0.1) is 6.61 Å². The molecule has 0 unspecified atom stereocenters.